The smallest absolute Gasteiger partial charge is 0.305 e. The highest BCUT2D eigenvalue weighted by molar-refractivity contribution is 5.82. The highest BCUT2D eigenvalue weighted by Crippen LogP contribution is 2.26. The molecule has 0 unspecified atom stereocenters. The quantitative estimate of drug-likeness (QED) is 0.494. The second kappa shape index (κ2) is 7.78. The summed E-state index contributed by atoms with van der Waals surface area (Å²) in [6.07, 6.45) is 5.19. The molecule has 0 bridgehead atoms. The highest BCUT2D eigenvalue weighted by atomic mass is 16.5. The van der Waals surface area contributed by atoms with Crippen LogP contribution in [0.2, 0.25) is 0 Å². The SMILES string of the molecule is COc1ccc(/C=N\NC(=O)C[n+]2ccccc2)cc1OC. The number of carbonyl (C=O) groups is 1. The number of rotatable bonds is 6. The predicted molar refractivity (Wildman–Crippen MR) is 81.9 cm³/mol. The van der Waals surface area contributed by atoms with Gasteiger partial charge in [0.05, 0.1) is 20.4 Å². The minimum atomic E-state index is -0.201. The van der Waals surface area contributed by atoms with Crippen molar-refractivity contribution in [3.8, 4) is 11.5 Å². The number of aromatic nitrogens is 1. The van der Waals surface area contributed by atoms with Crippen molar-refractivity contribution in [2.75, 3.05) is 14.2 Å². The molecule has 6 heteroatoms. The first-order valence-electron chi connectivity index (χ1n) is 6.71. The number of nitrogens with one attached hydrogen (secondary N) is 1. The van der Waals surface area contributed by atoms with Gasteiger partial charge in [-0.15, -0.1) is 0 Å². The van der Waals surface area contributed by atoms with E-state index in [-0.39, 0.29) is 12.5 Å². The Hall–Kier alpha value is -2.89. The molecule has 0 spiro atoms. The number of hydrogen-bond donors (Lipinski definition) is 1. The lowest BCUT2D eigenvalue weighted by atomic mass is 10.2. The van der Waals surface area contributed by atoms with E-state index in [4.69, 9.17) is 9.47 Å². The summed E-state index contributed by atoms with van der Waals surface area (Å²) in [5, 5.41) is 3.93. The van der Waals surface area contributed by atoms with Crippen molar-refractivity contribution in [2.45, 2.75) is 6.54 Å². The molecule has 1 amide bonds. The first kappa shape index (κ1) is 15.5. The van der Waals surface area contributed by atoms with Crippen LogP contribution in [0, 0.1) is 0 Å². The summed E-state index contributed by atoms with van der Waals surface area (Å²) in [6, 6.07) is 11.0. The summed E-state index contributed by atoms with van der Waals surface area (Å²) in [5.41, 5.74) is 3.28. The normalized spacial score (nSPS) is 10.5. The lowest BCUT2D eigenvalue weighted by Crippen LogP contribution is -2.40. The van der Waals surface area contributed by atoms with Crippen LogP contribution in [0.15, 0.2) is 53.9 Å². The molecule has 0 aliphatic carbocycles. The van der Waals surface area contributed by atoms with Gasteiger partial charge in [0.2, 0.25) is 6.54 Å². The highest BCUT2D eigenvalue weighted by Gasteiger charge is 2.07. The van der Waals surface area contributed by atoms with Gasteiger partial charge in [-0.25, -0.2) is 5.43 Å². The monoisotopic (exact) mass is 300 g/mol. The topological polar surface area (TPSA) is 63.8 Å². The maximum absolute atomic E-state index is 11.7. The molecule has 2 rings (SSSR count). The van der Waals surface area contributed by atoms with Crippen LogP contribution in [0.4, 0.5) is 0 Å². The number of ether oxygens (including phenoxy) is 2. The lowest BCUT2D eigenvalue weighted by Gasteiger charge is -2.07. The zero-order valence-corrected chi connectivity index (χ0v) is 12.5. The summed E-state index contributed by atoms with van der Waals surface area (Å²) < 4.78 is 12.1. The molecule has 1 aromatic heterocycles. The van der Waals surface area contributed by atoms with Gasteiger partial charge in [-0.05, 0) is 23.8 Å². The van der Waals surface area contributed by atoms with Crippen LogP contribution >= 0.6 is 0 Å². The van der Waals surface area contributed by atoms with Gasteiger partial charge in [0.15, 0.2) is 23.9 Å². The fourth-order valence-corrected chi connectivity index (χ4v) is 1.85. The molecule has 6 nitrogen and oxygen atoms in total. The van der Waals surface area contributed by atoms with E-state index < -0.39 is 0 Å². The number of hydrogen-bond acceptors (Lipinski definition) is 4. The number of amides is 1. The van der Waals surface area contributed by atoms with E-state index in [1.54, 1.807) is 37.1 Å². The molecule has 22 heavy (non-hydrogen) atoms. The molecule has 1 heterocycles. The number of nitrogens with zero attached hydrogens (tertiary/aromatic N) is 2. The third-order valence-electron chi connectivity index (χ3n) is 2.91. The molecule has 114 valence electrons. The van der Waals surface area contributed by atoms with Crippen LogP contribution in [0.1, 0.15) is 5.56 Å². The van der Waals surface area contributed by atoms with Crippen LogP contribution in [-0.2, 0) is 11.3 Å². The van der Waals surface area contributed by atoms with Gasteiger partial charge in [0, 0.05) is 12.1 Å². The Morgan fingerprint density at radius 3 is 2.59 bits per heavy atom. The molecular weight excluding hydrogens is 282 g/mol. The van der Waals surface area contributed by atoms with E-state index in [0.717, 1.165) is 5.56 Å². The van der Waals surface area contributed by atoms with Crippen molar-refractivity contribution in [1.82, 2.24) is 5.43 Å². The minimum absolute atomic E-state index is 0.201. The fraction of sp³-hybridized carbons (Fsp3) is 0.188. The van der Waals surface area contributed by atoms with Crippen LogP contribution in [0.25, 0.3) is 0 Å². The third kappa shape index (κ3) is 4.31. The van der Waals surface area contributed by atoms with Gasteiger partial charge in [-0.3, -0.25) is 4.79 Å². The number of methoxy groups -OCH3 is 2. The van der Waals surface area contributed by atoms with Crippen molar-refractivity contribution >= 4 is 12.1 Å². The van der Waals surface area contributed by atoms with Crippen molar-refractivity contribution in [1.29, 1.82) is 0 Å². The fourth-order valence-electron chi connectivity index (χ4n) is 1.85. The van der Waals surface area contributed by atoms with Crippen LogP contribution < -0.4 is 19.5 Å². The molecule has 1 aromatic carbocycles. The minimum Gasteiger partial charge on any atom is -0.493 e. The van der Waals surface area contributed by atoms with E-state index in [1.807, 2.05) is 36.7 Å². The van der Waals surface area contributed by atoms with Crippen molar-refractivity contribution in [3.05, 3.63) is 54.4 Å². The Balaban J connectivity index is 1.93. The third-order valence-corrected chi connectivity index (χ3v) is 2.91. The zero-order valence-electron chi connectivity index (χ0n) is 12.5. The van der Waals surface area contributed by atoms with E-state index in [1.165, 1.54) is 0 Å². The summed E-state index contributed by atoms with van der Waals surface area (Å²) in [4.78, 5) is 11.7. The summed E-state index contributed by atoms with van der Waals surface area (Å²) in [6.45, 7) is 0.212. The van der Waals surface area contributed by atoms with Gasteiger partial charge in [-0.2, -0.15) is 9.67 Å². The standard InChI is InChI=1S/C16H17N3O3/c1-21-14-7-6-13(10-15(14)22-2)11-17-18-16(20)12-19-8-4-3-5-9-19/h3-11H,12H2,1-2H3/p+1/b17-11-. The molecule has 0 saturated carbocycles. The molecule has 0 aliphatic heterocycles. The number of benzene rings is 1. The van der Waals surface area contributed by atoms with Crippen LogP contribution in [0.3, 0.4) is 0 Å². The Labute approximate surface area is 129 Å². The van der Waals surface area contributed by atoms with E-state index >= 15 is 0 Å². The maximum atomic E-state index is 11.7. The van der Waals surface area contributed by atoms with Gasteiger partial charge >= 0.3 is 5.91 Å². The Bertz CT molecular complexity index is 657. The Morgan fingerprint density at radius 1 is 1.18 bits per heavy atom. The van der Waals surface area contributed by atoms with Crippen molar-refractivity contribution < 1.29 is 18.8 Å². The van der Waals surface area contributed by atoms with Crippen molar-refractivity contribution in [3.63, 3.8) is 0 Å². The molecule has 0 saturated heterocycles. The molecule has 2 aromatic rings. The van der Waals surface area contributed by atoms with E-state index in [0.29, 0.717) is 11.5 Å². The lowest BCUT2D eigenvalue weighted by molar-refractivity contribution is -0.684. The first-order valence-corrected chi connectivity index (χ1v) is 6.71. The number of carbonyl (C=O) groups excluding carboxylic acids is 1. The van der Waals surface area contributed by atoms with E-state index in [9.17, 15) is 4.79 Å². The molecular formula is C16H18N3O3+. The molecule has 0 atom stereocenters. The van der Waals surface area contributed by atoms with Crippen molar-refractivity contribution in [2.24, 2.45) is 5.10 Å². The maximum Gasteiger partial charge on any atom is 0.305 e. The summed E-state index contributed by atoms with van der Waals surface area (Å²) >= 11 is 0. The second-order valence-corrected chi connectivity index (χ2v) is 4.46. The van der Waals surface area contributed by atoms with Crippen LogP contribution in [-0.4, -0.2) is 26.3 Å². The van der Waals surface area contributed by atoms with Gasteiger partial charge in [0.25, 0.3) is 0 Å². The predicted octanol–water partition coefficient (Wildman–Crippen LogP) is 1.14. The molecule has 0 radical (unpaired) electrons. The largest absolute Gasteiger partial charge is 0.493 e. The molecule has 1 N–H and O–H groups in total. The first-order chi connectivity index (χ1) is 10.7. The average Bonchev–Trinajstić information content (AvgIpc) is 2.55. The van der Waals surface area contributed by atoms with Gasteiger partial charge in [-0.1, -0.05) is 6.07 Å². The Kier molecular flexibility index (Phi) is 5.48. The van der Waals surface area contributed by atoms with E-state index in [2.05, 4.69) is 10.5 Å². The molecule has 0 aliphatic rings. The summed E-state index contributed by atoms with van der Waals surface area (Å²) in [5.74, 6) is 1.05. The van der Waals surface area contributed by atoms with Gasteiger partial charge in [0.1, 0.15) is 0 Å². The average molecular weight is 300 g/mol. The van der Waals surface area contributed by atoms with Crippen LogP contribution in [0.5, 0.6) is 11.5 Å². The van der Waals surface area contributed by atoms with Gasteiger partial charge < -0.3 is 9.47 Å². The number of hydrazone groups is 1. The number of pyridine rings is 1. The summed E-state index contributed by atoms with van der Waals surface area (Å²) in [7, 11) is 3.14. The molecule has 0 fully saturated rings. The Morgan fingerprint density at radius 2 is 1.91 bits per heavy atom. The zero-order chi connectivity index (χ0) is 15.8. The second-order valence-electron chi connectivity index (χ2n) is 4.46.